The summed E-state index contributed by atoms with van der Waals surface area (Å²) in [6.45, 7) is 8.05. The Bertz CT molecular complexity index is 1420. The molecule has 0 radical (unpaired) electrons. The number of aliphatic hydroxyl groups is 1. The van der Waals surface area contributed by atoms with Crippen LogP contribution in [0.2, 0.25) is 0 Å². The van der Waals surface area contributed by atoms with E-state index in [-0.39, 0.29) is 12.0 Å². The topological polar surface area (TPSA) is 127 Å². The van der Waals surface area contributed by atoms with Crippen LogP contribution in [0, 0.1) is 11.3 Å². The van der Waals surface area contributed by atoms with E-state index < -0.39 is 6.10 Å². The zero-order chi connectivity index (χ0) is 28.3. The molecule has 3 aromatic rings. The van der Waals surface area contributed by atoms with Crippen LogP contribution in [0.4, 0.5) is 17.3 Å². The number of aliphatic hydroxyl groups excluding tert-OH is 1. The van der Waals surface area contributed by atoms with E-state index in [1.807, 2.05) is 18.2 Å². The Morgan fingerprint density at radius 2 is 1.88 bits per heavy atom. The van der Waals surface area contributed by atoms with Crippen LogP contribution in [0.5, 0.6) is 5.75 Å². The van der Waals surface area contributed by atoms with Crippen molar-refractivity contribution in [3.63, 3.8) is 0 Å². The Kier molecular flexibility index (Phi) is 7.69. The summed E-state index contributed by atoms with van der Waals surface area (Å²) in [5.41, 5.74) is 3.91. The van der Waals surface area contributed by atoms with Gasteiger partial charge in [0.2, 0.25) is 5.95 Å². The number of nitriles is 1. The Hall–Kier alpha value is -4.24. The lowest BCUT2D eigenvalue weighted by Crippen LogP contribution is -2.58. The van der Waals surface area contributed by atoms with Gasteiger partial charge in [0.05, 0.1) is 43.6 Å². The number of hydrogen-bond acceptors (Lipinski definition) is 10. The summed E-state index contributed by atoms with van der Waals surface area (Å²) in [5.74, 6) is 0.595. The van der Waals surface area contributed by atoms with E-state index in [1.165, 1.54) is 17.5 Å². The molecule has 41 heavy (non-hydrogen) atoms. The lowest BCUT2D eigenvalue weighted by molar-refractivity contribution is -0.148. The molecule has 0 aliphatic carbocycles. The quantitative estimate of drug-likeness (QED) is 0.427. The number of ether oxygens (including phenoxy) is 2. The number of carbonyl (C=O) groups is 1. The average molecular weight is 556 g/mol. The van der Waals surface area contributed by atoms with Crippen LogP contribution in [-0.2, 0) is 9.53 Å². The van der Waals surface area contributed by atoms with Crippen LogP contribution in [-0.4, -0.2) is 102 Å². The number of amides is 1. The summed E-state index contributed by atoms with van der Waals surface area (Å²) in [4.78, 5) is 27.4. The number of rotatable bonds is 8. The molecule has 11 nitrogen and oxygen atoms in total. The second-order valence-corrected chi connectivity index (χ2v) is 10.6. The zero-order valence-corrected chi connectivity index (χ0v) is 22.9. The van der Waals surface area contributed by atoms with Crippen molar-refractivity contribution in [1.82, 2.24) is 19.8 Å². The molecule has 1 aromatic heterocycles. The molecule has 3 saturated heterocycles. The van der Waals surface area contributed by atoms with E-state index in [9.17, 15) is 15.2 Å². The van der Waals surface area contributed by atoms with Gasteiger partial charge in [-0.15, -0.1) is 0 Å². The molecule has 212 valence electrons. The maximum Gasteiger partial charge on any atom is 0.251 e. The minimum absolute atomic E-state index is 0.219. The van der Waals surface area contributed by atoms with Crippen LogP contribution in [0.1, 0.15) is 12.5 Å². The predicted molar refractivity (Wildman–Crippen MR) is 153 cm³/mol. The third-order valence-corrected chi connectivity index (χ3v) is 7.80. The number of anilines is 3. The first-order valence-corrected chi connectivity index (χ1v) is 13.9. The first-order valence-electron chi connectivity index (χ1n) is 13.9. The van der Waals surface area contributed by atoms with Gasteiger partial charge in [-0.25, -0.2) is 9.97 Å². The van der Waals surface area contributed by atoms with Gasteiger partial charge in [-0.2, -0.15) is 5.26 Å². The lowest BCUT2D eigenvalue weighted by Gasteiger charge is -2.43. The van der Waals surface area contributed by atoms with Crippen LogP contribution in [0.25, 0.3) is 11.3 Å². The standard InChI is InChI=1S/C30H33N7O4/c1-20(38)29(39)37-16-26(17-37)41-28-7-2-21(14-22(28)15-31)27-8-9-32-30(34-27)33-23-3-5-24(6-4-23)35-10-12-36(13-11-35)25-18-40-19-25/h2-9,14,20,25-26,38H,10-13,16-19H2,1H3,(H,32,33,34). The van der Waals surface area contributed by atoms with Crippen molar-refractivity contribution in [3.8, 4) is 23.1 Å². The molecule has 11 heteroatoms. The fourth-order valence-corrected chi connectivity index (χ4v) is 5.26. The van der Waals surface area contributed by atoms with Crippen LogP contribution in [0.15, 0.2) is 54.7 Å². The number of aromatic nitrogens is 2. The zero-order valence-electron chi connectivity index (χ0n) is 22.9. The van der Waals surface area contributed by atoms with E-state index in [1.54, 1.807) is 24.4 Å². The number of piperazine rings is 1. The molecule has 3 fully saturated rings. The number of hydrogen-bond donors (Lipinski definition) is 2. The predicted octanol–water partition coefficient (Wildman–Crippen LogP) is 2.25. The second-order valence-electron chi connectivity index (χ2n) is 10.6. The van der Waals surface area contributed by atoms with Gasteiger partial charge < -0.3 is 29.7 Å². The highest BCUT2D eigenvalue weighted by Gasteiger charge is 2.34. The van der Waals surface area contributed by atoms with Crippen molar-refractivity contribution in [2.24, 2.45) is 0 Å². The molecule has 1 atom stereocenters. The summed E-state index contributed by atoms with van der Waals surface area (Å²) in [7, 11) is 0. The molecule has 1 amide bonds. The Morgan fingerprint density at radius 1 is 1.12 bits per heavy atom. The molecule has 0 saturated carbocycles. The van der Waals surface area contributed by atoms with Gasteiger partial charge >= 0.3 is 0 Å². The first kappa shape index (κ1) is 27.0. The Labute approximate surface area is 238 Å². The molecule has 2 N–H and O–H groups in total. The highest BCUT2D eigenvalue weighted by atomic mass is 16.5. The van der Waals surface area contributed by atoms with Crippen molar-refractivity contribution < 1.29 is 19.4 Å². The van der Waals surface area contributed by atoms with Gasteiger partial charge in [0.1, 0.15) is 24.0 Å². The van der Waals surface area contributed by atoms with E-state index in [0.717, 1.165) is 50.6 Å². The minimum atomic E-state index is -1.03. The van der Waals surface area contributed by atoms with E-state index in [0.29, 0.717) is 42.1 Å². The molecule has 1 unspecified atom stereocenters. The highest BCUT2D eigenvalue weighted by molar-refractivity contribution is 5.81. The molecule has 3 aliphatic heterocycles. The smallest absolute Gasteiger partial charge is 0.251 e. The normalized spacial score (nSPS) is 18.7. The summed E-state index contributed by atoms with van der Waals surface area (Å²) >= 11 is 0. The largest absolute Gasteiger partial charge is 0.485 e. The van der Waals surface area contributed by atoms with Gasteiger partial charge in [0.15, 0.2) is 0 Å². The van der Waals surface area contributed by atoms with E-state index in [4.69, 9.17) is 9.47 Å². The highest BCUT2D eigenvalue weighted by Crippen LogP contribution is 2.29. The van der Waals surface area contributed by atoms with E-state index >= 15 is 0 Å². The Morgan fingerprint density at radius 3 is 2.54 bits per heavy atom. The van der Waals surface area contributed by atoms with Crippen molar-refractivity contribution >= 4 is 23.2 Å². The fraction of sp³-hybridized carbons (Fsp3) is 0.400. The van der Waals surface area contributed by atoms with Gasteiger partial charge in [-0.3, -0.25) is 9.69 Å². The molecule has 2 aromatic carbocycles. The second kappa shape index (κ2) is 11.7. The SMILES string of the molecule is CC(O)C(=O)N1CC(Oc2ccc(-c3ccnc(Nc4ccc(N5CCN(C6COC6)CC5)cc4)n3)cc2C#N)C1. The maximum atomic E-state index is 11.9. The van der Waals surface area contributed by atoms with Gasteiger partial charge in [-0.1, -0.05) is 0 Å². The third kappa shape index (κ3) is 5.95. The number of benzene rings is 2. The molecular formula is C30H33N7O4. The van der Waals surface area contributed by atoms with Gasteiger partial charge in [0, 0.05) is 49.3 Å². The molecule has 4 heterocycles. The first-order chi connectivity index (χ1) is 20.0. The molecule has 0 bridgehead atoms. The fourth-order valence-electron chi connectivity index (χ4n) is 5.26. The van der Waals surface area contributed by atoms with Crippen molar-refractivity contribution in [1.29, 1.82) is 5.26 Å². The minimum Gasteiger partial charge on any atom is -0.485 e. The summed E-state index contributed by atoms with van der Waals surface area (Å²) in [6.07, 6.45) is 0.434. The Balaban J connectivity index is 1.07. The summed E-state index contributed by atoms with van der Waals surface area (Å²) in [6, 6.07) is 18.2. The number of carbonyl (C=O) groups excluding carboxylic acids is 1. The van der Waals surface area contributed by atoms with Gasteiger partial charge in [-0.05, 0) is 55.5 Å². The van der Waals surface area contributed by atoms with Crippen LogP contribution >= 0.6 is 0 Å². The van der Waals surface area contributed by atoms with Crippen molar-refractivity contribution in [3.05, 3.63) is 60.3 Å². The van der Waals surface area contributed by atoms with Crippen molar-refractivity contribution in [2.45, 2.75) is 25.2 Å². The molecule has 3 aliphatic rings. The van der Waals surface area contributed by atoms with Gasteiger partial charge in [0.25, 0.3) is 5.91 Å². The van der Waals surface area contributed by atoms with Crippen LogP contribution < -0.4 is 15.0 Å². The number of likely N-dealkylation sites (tertiary alicyclic amines) is 1. The maximum absolute atomic E-state index is 11.9. The van der Waals surface area contributed by atoms with Crippen molar-refractivity contribution in [2.75, 3.05) is 62.7 Å². The molecule has 0 spiro atoms. The third-order valence-electron chi connectivity index (χ3n) is 7.80. The molecule has 6 rings (SSSR count). The van der Waals surface area contributed by atoms with E-state index in [2.05, 4.69) is 43.3 Å². The number of nitrogens with one attached hydrogen (secondary N) is 1. The van der Waals surface area contributed by atoms with Crippen LogP contribution in [0.3, 0.4) is 0 Å². The molecular weight excluding hydrogens is 522 g/mol. The number of nitrogens with zero attached hydrogens (tertiary/aromatic N) is 6. The summed E-state index contributed by atoms with van der Waals surface area (Å²) in [5, 5.41) is 22.5. The average Bonchev–Trinajstić information content (AvgIpc) is 2.94. The lowest BCUT2D eigenvalue weighted by atomic mass is 10.1. The summed E-state index contributed by atoms with van der Waals surface area (Å²) < 4.78 is 11.3. The monoisotopic (exact) mass is 555 g/mol.